The predicted octanol–water partition coefficient (Wildman–Crippen LogP) is 4.06. The SMILES string of the molecule is CC[C@H]1SC2=NC(C)=C(C(=O)OCC(C)C)[C@H](c3cccc(F)c3)N2C1=O. The summed E-state index contributed by atoms with van der Waals surface area (Å²) in [7, 11) is 0. The van der Waals surface area contributed by atoms with E-state index in [0.717, 1.165) is 0 Å². The quantitative estimate of drug-likeness (QED) is 0.712. The van der Waals surface area contributed by atoms with Gasteiger partial charge >= 0.3 is 5.97 Å². The second-order valence-corrected chi connectivity index (χ2v) is 8.24. The van der Waals surface area contributed by atoms with Crippen LogP contribution in [-0.2, 0) is 14.3 Å². The first-order valence-electron chi connectivity index (χ1n) is 9.05. The third-order valence-electron chi connectivity index (χ3n) is 4.45. The summed E-state index contributed by atoms with van der Waals surface area (Å²) in [5, 5.41) is 0.303. The van der Waals surface area contributed by atoms with Gasteiger partial charge < -0.3 is 4.74 Å². The molecule has 1 fully saturated rings. The van der Waals surface area contributed by atoms with Crippen molar-refractivity contribution in [2.45, 2.75) is 45.4 Å². The fraction of sp³-hybridized carbons (Fsp3) is 0.450. The second kappa shape index (κ2) is 7.84. The Bertz CT molecular complexity index is 834. The lowest BCUT2D eigenvalue weighted by atomic mass is 9.94. The van der Waals surface area contributed by atoms with Gasteiger partial charge in [0.25, 0.3) is 0 Å². The molecule has 1 aromatic carbocycles. The number of hydrogen-bond acceptors (Lipinski definition) is 5. The molecule has 2 aliphatic heterocycles. The van der Waals surface area contributed by atoms with Crippen molar-refractivity contribution in [3.8, 4) is 0 Å². The summed E-state index contributed by atoms with van der Waals surface area (Å²) in [5.74, 6) is -0.873. The van der Waals surface area contributed by atoms with Crippen molar-refractivity contribution in [2.24, 2.45) is 10.9 Å². The molecule has 2 atom stereocenters. The highest BCUT2D eigenvalue weighted by atomic mass is 32.2. The van der Waals surface area contributed by atoms with Crippen LogP contribution in [0.3, 0.4) is 0 Å². The van der Waals surface area contributed by atoms with Gasteiger partial charge in [-0.3, -0.25) is 9.69 Å². The zero-order valence-corrected chi connectivity index (χ0v) is 16.7. The number of fused-ring (bicyclic) bond motifs is 1. The Kier molecular flexibility index (Phi) is 5.69. The van der Waals surface area contributed by atoms with E-state index in [4.69, 9.17) is 4.74 Å². The average molecular weight is 390 g/mol. The number of rotatable bonds is 5. The van der Waals surface area contributed by atoms with Crippen molar-refractivity contribution >= 4 is 28.8 Å². The van der Waals surface area contributed by atoms with Gasteiger partial charge in [-0.1, -0.05) is 44.7 Å². The van der Waals surface area contributed by atoms with Gasteiger partial charge in [-0.05, 0) is 37.0 Å². The Labute approximate surface area is 162 Å². The molecule has 3 rings (SSSR count). The normalized spacial score (nSPS) is 22.2. The number of amidine groups is 1. The fourth-order valence-electron chi connectivity index (χ4n) is 3.16. The smallest absolute Gasteiger partial charge is 0.338 e. The number of hydrogen-bond donors (Lipinski definition) is 0. The largest absolute Gasteiger partial charge is 0.462 e. The molecule has 2 heterocycles. The number of amides is 1. The lowest BCUT2D eigenvalue weighted by molar-refractivity contribution is -0.141. The van der Waals surface area contributed by atoms with E-state index in [1.807, 2.05) is 20.8 Å². The summed E-state index contributed by atoms with van der Waals surface area (Å²) in [6.45, 7) is 7.82. The Hall–Kier alpha value is -2.15. The molecule has 1 aromatic rings. The number of benzene rings is 1. The zero-order valence-electron chi connectivity index (χ0n) is 15.9. The van der Waals surface area contributed by atoms with Crippen LogP contribution in [0.1, 0.15) is 45.7 Å². The van der Waals surface area contributed by atoms with Gasteiger partial charge in [0.05, 0.1) is 29.2 Å². The highest BCUT2D eigenvalue weighted by Gasteiger charge is 2.47. The predicted molar refractivity (Wildman–Crippen MR) is 104 cm³/mol. The molecular weight excluding hydrogens is 367 g/mol. The second-order valence-electron chi connectivity index (χ2n) is 7.07. The highest BCUT2D eigenvalue weighted by molar-refractivity contribution is 8.15. The maximum absolute atomic E-state index is 13.9. The molecule has 0 N–H and O–H groups in total. The van der Waals surface area contributed by atoms with Crippen LogP contribution in [0, 0.1) is 11.7 Å². The van der Waals surface area contributed by atoms with Crippen molar-refractivity contribution in [3.63, 3.8) is 0 Å². The van der Waals surface area contributed by atoms with Gasteiger partial charge in [0.1, 0.15) is 5.82 Å². The molecule has 0 aromatic heterocycles. The standard InChI is InChI=1S/C20H23FN2O3S/c1-5-15-18(24)23-17(13-7-6-8-14(21)9-13)16(12(4)22-20(23)27-15)19(25)26-10-11(2)3/h6-9,11,15,17H,5,10H2,1-4H3/t15-,17+/m1/s1. The summed E-state index contributed by atoms with van der Waals surface area (Å²) < 4.78 is 19.3. The molecule has 1 saturated heterocycles. The number of esters is 1. The first kappa shape index (κ1) is 19.6. The van der Waals surface area contributed by atoms with Crippen LogP contribution in [0.15, 0.2) is 40.5 Å². The van der Waals surface area contributed by atoms with E-state index in [1.54, 1.807) is 19.1 Å². The molecule has 1 amide bonds. The lowest BCUT2D eigenvalue weighted by Crippen LogP contribution is -2.41. The van der Waals surface area contributed by atoms with Crippen LogP contribution in [0.25, 0.3) is 0 Å². The Balaban J connectivity index is 2.08. The Morgan fingerprint density at radius 3 is 2.78 bits per heavy atom. The monoisotopic (exact) mass is 390 g/mol. The molecule has 144 valence electrons. The summed E-state index contributed by atoms with van der Waals surface area (Å²) in [6.07, 6.45) is 0.654. The third-order valence-corrected chi connectivity index (χ3v) is 5.77. The van der Waals surface area contributed by atoms with E-state index < -0.39 is 17.8 Å². The molecule has 0 bridgehead atoms. The van der Waals surface area contributed by atoms with Gasteiger partial charge in [0.2, 0.25) is 5.91 Å². The average Bonchev–Trinajstić information content (AvgIpc) is 2.93. The number of thioether (sulfide) groups is 1. The number of allylic oxidation sites excluding steroid dienone is 1. The van der Waals surface area contributed by atoms with Gasteiger partial charge in [0.15, 0.2) is 5.17 Å². The first-order chi connectivity index (χ1) is 12.8. The topological polar surface area (TPSA) is 59.0 Å². The van der Waals surface area contributed by atoms with Crippen molar-refractivity contribution in [1.82, 2.24) is 4.90 Å². The minimum atomic E-state index is -0.732. The maximum atomic E-state index is 13.9. The Morgan fingerprint density at radius 1 is 1.41 bits per heavy atom. The minimum Gasteiger partial charge on any atom is -0.462 e. The van der Waals surface area contributed by atoms with Gasteiger partial charge in [0, 0.05) is 0 Å². The molecule has 27 heavy (non-hydrogen) atoms. The molecule has 0 spiro atoms. The molecule has 2 aliphatic rings. The lowest BCUT2D eigenvalue weighted by Gasteiger charge is -2.33. The van der Waals surface area contributed by atoms with E-state index >= 15 is 0 Å². The van der Waals surface area contributed by atoms with E-state index in [9.17, 15) is 14.0 Å². The summed E-state index contributed by atoms with van der Waals surface area (Å²) in [5.41, 5.74) is 1.32. The van der Waals surface area contributed by atoms with Gasteiger partial charge in [-0.25, -0.2) is 14.2 Å². The van der Waals surface area contributed by atoms with E-state index in [0.29, 0.717) is 22.8 Å². The van der Waals surface area contributed by atoms with E-state index in [2.05, 4.69) is 4.99 Å². The van der Waals surface area contributed by atoms with E-state index in [-0.39, 0.29) is 29.3 Å². The first-order valence-corrected chi connectivity index (χ1v) is 9.93. The molecule has 0 saturated carbocycles. The maximum Gasteiger partial charge on any atom is 0.338 e. The van der Waals surface area contributed by atoms with Crippen molar-refractivity contribution in [2.75, 3.05) is 6.61 Å². The number of nitrogens with zero attached hydrogens (tertiary/aromatic N) is 2. The van der Waals surface area contributed by atoms with Crippen LogP contribution >= 0.6 is 11.8 Å². The number of ether oxygens (including phenoxy) is 1. The van der Waals surface area contributed by atoms with Crippen molar-refractivity contribution in [1.29, 1.82) is 0 Å². The highest BCUT2D eigenvalue weighted by Crippen LogP contribution is 2.44. The minimum absolute atomic E-state index is 0.114. The molecule has 0 radical (unpaired) electrons. The molecular formula is C20H23FN2O3S. The van der Waals surface area contributed by atoms with Gasteiger partial charge in [-0.2, -0.15) is 0 Å². The molecule has 7 heteroatoms. The summed E-state index contributed by atoms with van der Waals surface area (Å²) >= 11 is 1.39. The number of aliphatic imine (C=N–C) groups is 1. The third kappa shape index (κ3) is 3.78. The van der Waals surface area contributed by atoms with Gasteiger partial charge in [-0.15, -0.1) is 0 Å². The summed E-state index contributed by atoms with van der Waals surface area (Å²) in [6, 6.07) is 5.26. The number of halogens is 1. The van der Waals surface area contributed by atoms with Crippen molar-refractivity contribution in [3.05, 3.63) is 46.9 Å². The van der Waals surface area contributed by atoms with E-state index in [1.165, 1.54) is 28.8 Å². The van der Waals surface area contributed by atoms with Crippen LogP contribution < -0.4 is 0 Å². The van der Waals surface area contributed by atoms with Crippen LogP contribution in [0.5, 0.6) is 0 Å². The number of carbonyl (C=O) groups excluding carboxylic acids is 2. The fourth-order valence-corrected chi connectivity index (χ4v) is 4.30. The zero-order chi connectivity index (χ0) is 19.7. The Morgan fingerprint density at radius 2 is 2.15 bits per heavy atom. The van der Waals surface area contributed by atoms with Crippen LogP contribution in [0.4, 0.5) is 4.39 Å². The van der Waals surface area contributed by atoms with Crippen LogP contribution in [0.2, 0.25) is 0 Å². The molecule has 0 aliphatic carbocycles. The van der Waals surface area contributed by atoms with Crippen molar-refractivity contribution < 1.29 is 18.7 Å². The van der Waals surface area contributed by atoms with Crippen LogP contribution in [-0.4, -0.2) is 33.8 Å². The number of carbonyl (C=O) groups is 2. The summed E-state index contributed by atoms with van der Waals surface area (Å²) in [4.78, 5) is 31.8. The molecule has 0 unspecified atom stereocenters. The molecule has 5 nitrogen and oxygen atoms in total.